The normalized spacial score (nSPS) is 11.3. The molecular weight excluding hydrogens is 454 g/mol. The number of anilines is 1. The number of sulfonamides is 1. The molecule has 0 fully saturated rings. The topological polar surface area (TPSA) is 105 Å². The van der Waals surface area contributed by atoms with E-state index in [4.69, 9.17) is 4.74 Å². The lowest BCUT2D eigenvalue weighted by molar-refractivity contribution is -0.131. The summed E-state index contributed by atoms with van der Waals surface area (Å²) in [6.07, 6.45) is 1.40. The van der Waals surface area contributed by atoms with Gasteiger partial charge in [0.1, 0.15) is 12.3 Å². The minimum Gasteiger partial charge on any atom is -0.427 e. The molecule has 0 aromatic heterocycles. The molecule has 176 valence electrons. The zero-order valence-electron chi connectivity index (χ0n) is 19.1. The van der Waals surface area contributed by atoms with Crippen LogP contribution in [0, 0.1) is 13.8 Å². The van der Waals surface area contributed by atoms with E-state index in [2.05, 4.69) is 10.5 Å². The molecule has 0 spiro atoms. The lowest BCUT2D eigenvalue weighted by atomic mass is 10.1. The SMILES string of the molecule is CC(=O)Oc1ccc(/C=N\NC(=O)CN(c2ccc(C)c(C)c2)S(=O)(=O)c2ccccc2)cc1. The largest absolute Gasteiger partial charge is 0.427 e. The Hall–Kier alpha value is -3.98. The Morgan fingerprint density at radius 3 is 2.26 bits per heavy atom. The minimum absolute atomic E-state index is 0.0809. The molecule has 1 N–H and O–H groups in total. The maximum Gasteiger partial charge on any atom is 0.308 e. The van der Waals surface area contributed by atoms with Crippen LogP contribution in [0.4, 0.5) is 5.69 Å². The highest BCUT2D eigenvalue weighted by atomic mass is 32.2. The van der Waals surface area contributed by atoms with Gasteiger partial charge in [0.05, 0.1) is 16.8 Å². The molecule has 0 aliphatic rings. The number of hydrogen-bond donors (Lipinski definition) is 1. The van der Waals surface area contributed by atoms with E-state index in [0.29, 0.717) is 17.0 Å². The molecule has 3 aromatic carbocycles. The van der Waals surface area contributed by atoms with Crippen LogP contribution in [0.2, 0.25) is 0 Å². The molecule has 0 aliphatic heterocycles. The molecule has 8 nitrogen and oxygen atoms in total. The lowest BCUT2D eigenvalue weighted by Gasteiger charge is -2.24. The first-order valence-corrected chi connectivity index (χ1v) is 11.9. The van der Waals surface area contributed by atoms with Gasteiger partial charge in [-0.25, -0.2) is 13.8 Å². The summed E-state index contributed by atoms with van der Waals surface area (Å²) < 4.78 is 32.7. The van der Waals surface area contributed by atoms with Gasteiger partial charge >= 0.3 is 5.97 Å². The highest BCUT2D eigenvalue weighted by Crippen LogP contribution is 2.25. The summed E-state index contributed by atoms with van der Waals surface area (Å²) in [6.45, 7) is 4.66. The monoisotopic (exact) mass is 479 g/mol. The fraction of sp³-hybridized carbons (Fsp3) is 0.160. The van der Waals surface area contributed by atoms with Crippen molar-refractivity contribution in [1.29, 1.82) is 0 Å². The van der Waals surface area contributed by atoms with E-state index in [9.17, 15) is 18.0 Å². The Morgan fingerprint density at radius 2 is 1.65 bits per heavy atom. The summed E-state index contributed by atoms with van der Waals surface area (Å²) in [4.78, 5) is 23.7. The molecule has 0 aliphatic carbocycles. The molecule has 0 radical (unpaired) electrons. The van der Waals surface area contributed by atoms with Gasteiger partial charge in [-0.15, -0.1) is 0 Å². The van der Waals surface area contributed by atoms with Crippen molar-refractivity contribution in [1.82, 2.24) is 5.43 Å². The Kier molecular flexibility index (Phi) is 7.80. The van der Waals surface area contributed by atoms with Gasteiger partial charge in [-0.1, -0.05) is 24.3 Å². The van der Waals surface area contributed by atoms with E-state index in [0.717, 1.165) is 15.4 Å². The maximum absolute atomic E-state index is 13.3. The zero-order chi connectivity index (χ0) is 24.7. The van der Waals surface area contributed by atoms with Crippen LogP contribution in [0.15, 0.2) is 82.8 Å². The first kappa shape index (κ1) is 24.7. The number of hydrazone groups is 1. The third kappa shape index (κ3) is 6.29. The van der Waals surface area contributed by atoms with Crippen LogP contribution in [0.5, 0.6) is 5.75 Å². The smallest absolute Gasteiger partial charge is 0.308 e. The summed E-state index contributed by atoms with van der Waals surface area (Å²) >= 11 is 0. The number of rotatable bonds is 8. The summed E-state index contributed by atoms with van der Waals surface area (Å²) in [5, 5.41) is 3.91. The first-order chi connectivity index (χ1) is 16.2. The van der Waals surface area contributed by atoms with E-state index >= 15 is 0 Å². The minimum atomic E-state index is -3.99. The molecular formula is C25H25N3O5S. The van der Waals surface area contributed by atoms with Crippen LogP contribution >= 0.6 is 0 Å². The maximum atomic E-state index is 13.3. The third-order valence-corrected chi connectivity index (χ3v) is 6.73. The molecule has 1 amide bonds. The van der Waals surface area contributed by atoms with Crippen LogP contribution < -0.4 is 14.5 Å². The Balaban J connectivity index is 1.78. The van der Waals surface area contributed by atoms with Gasteiger partial charge in [-0.05, 0) is 79.1 Å². The summed E-state index contributed by atoms with van der Waals surface area (Å²) in [5.41, 5.74) is 5.31. The standard InChI is InChI=1S/C25H25N3O5S/c1-18-9-12-22(15-19(18)2)28(34(31,32)24-7-5-4-6-8-24)17-25(30)27-26-16-21-10-13-23(14-11-21)33-20(3)29/h4-16H,17H2,1-3H3,(H,27,30)/b26-16-. The third-order valence-electron chi connectivity index (χ3n) is 4.94. The Bertz CT molecular complexity index is 1300. The van der Waals surface area contributed by atoms with Crippen molar-refractivity contribution < 1.29 is 22.7 Å². The van der Waals surface area contributed by atoms with E-state index in [1.807, 2.05) is 19.9 Å². The predicted octanol–water partition coefficient (Wildman–Crippen LogP) is 3.57. The molecule has 3 aromatic rings. The number of carbonyl (C=O) groups excluding carboxylic acids is 2. The molecule has 0 atom stereocenters. The molecule has 0 saturated heterocycles. The number of hydrogen-bond acceptors (Lipinski definition) is 6. The quantitative estimate of drug-likeness (QED) is 0.230. The van der Waals surface area contributed by atoms with Gasteiger partial charge in [0.15, 0.2) is 0 Å². The average molecular weight is 480 g/mol. The summed E-state index contributed by atoms with van der Waals surface area (Å²) in [5.74, 6) is -0.637. The van der Waals surface area contributed by atoms with Crippen LogP contribution in [0.3, 0.4) is 0 Å². The zero-order valence-corrected chi connectivity index (χ0v) is 19.9. The van der Waals surface area contributed by atoms with E-state index in [1.165, 1.54) is 25.3 Å². The number of benzene rings is 3. The van der Waals surface area contributed by atoms with Crippen LogP contribution in [-0.2, 0) is 19.6 Å². The van der Waals surface area contributed by atoms with Crippen LogP contribution in [-0.4, -0.2) is 33.1 Å². The first-order valence-electron chi connectivity index (χ1n) is 10.4. The van der Waals surface area contributed by atoms with Gasteiger partial charge in [0.25, 0.3) is 15.9 Å². The fourth-order valence-corrected chi connectivity index (χ4v) is 4.48. The number of nitrogens with zero attached hydrogens (tertiary/aromatic N) is 2. The van der Waals surface area contributed by atoms with Gasteiger partial charge in [0.2, 0.25) is 0 Å². The second kappa shape index (κ2) is 10.8. The highest BCUT2D eigenvalue weighted by Gasteiger charge is 2.27. The van der Waals surface area contributed by atoms with Crippen molar-refractivity contribution >= 4 is 33.8 Å². The van der Waals surface area contributed by atoms with Crippen molar-refractivity contribution in [3.05, 3.63) is 89.5 Å². The van der Waals surface area contributed by atoms with Crippen molar-refractivity contribution in [3.8, 4) is 5.75 Å². The van der Waals surface area contributed by atoms with Gasteiger partial charge < -0.3 is 4.74 Å². The van der Waals surface area contributed by atoms with Crippen molar-refractivity contribution in [2.24, 2.45) is 5.10 Å². The number of amides is 1. The number of carbonyl (C=O) groups is 2. The van der Waals surface area contributed by atoms with Crippen molar-refractivity contribution in [2.45, 2.75) is 25.7 Å². The molecule has 0 heterocycles. The van der Waals surface area contributed by atoms with Crippen molar-refractivity contribution in [3.63, 3.8) is 0 Å². The van der Waals surface area contributed by atoms with E-state index in [1.54, 1.807) is 54.6 Å². The number of esters is 1. The van der Waals surface area contributed by atoms with E-state index < -0.39 is 28.4 Å². The average Bonchev–Trinajstić information content (AvgIpc) is 2.81. The summed E-state index contributed by atoms with van der Waals surface area (Å²) in [6, 6.07) is 19.7. The van der Waals surface area contributed by atoms with Crippen LogP contribution in [0.25, 0.3) is 0 Å². The number of aryl methyl sites for hydroxylation is 2. The number of ether oxygens (including phenoxy) is 1. The van der Waals surface area contributed by atoms with Gasteiger partial charge in [0, 0.05) is 6.92 Å². The van der Waals surface area contributed by atoms with E-state index in [-0.39, 0.29) is 4.90 Å². The number of nitrogens with one attached hydrogen (secondary N) is 1. The Labute approximate surface area is 198 Å². The molecule has 9 heteroatoms. The fourth-order valence-electron chi connectivity index (χ4n) is 3.05. The van der Waals surface area contributed by atoms with Gasteiger partial charge in [-0.3, -0.25) is 13.9 Å². The second-order valence-corrected chi connectivity index (χ2v) is 9.41. The van der Waals surface area contributed by atoms with Crippen molar-refractivity contribution in [2.75, 3.05) is 10.8 Å². The molecule has 34 heavy (non-hydrogen) atoms. The molecule has 0 bridgehead atoms. The highest BCUT2D eigenvalue weighted by molar-refractivity contribution is 7.92. The molecule has 3 rings (SSSR count). The van der Waals surface area contributed by atoms with Crippen LogP contribution in [0.1, 0.15) is 23.6 Å². The summed E-state index contributed by atoms with van der Waals surface area (Å²) in [7, 11) is -3.99. The predicted molar refractivity (Wildman–Crippen MR) is 130 cm³/mol. The molecule has 0 unspecified atom stereocenters. The molecule has 0 saturated carbocycles. The van der Waals surface area contributed by atoms with Gasteiger partial charge in [-0.2, -0.15) is 5.10 Å². The Morgan fingerprint density at radius 1 is 0.971 bits per heavy atom. The lowest BCUT2D eigenvalue weighted by Crippen LogP contribution is -2.39. The second-order valence-electron chi connectivity index (χ2n) is 7.55.